The fraction of sp³-hybridized carbons (Fsp3) is 0.417. The Kier molecular flexibility index (Phi) is 5.18. The molecule has 172 valence electrons. The molecule has 0 aromatic carbocycles. The Hall–Kier alpha value is -3.30. The van der Waals surface area contributed by atoms with Gasteiger partial charge in [0.15, 0.2) is 0 Å². The van der Waals surface area contributed by atoms with Gasteiger partial charge in [-0.05, 0) is 50.3 Å². The normalized spacial score (nSPS) is 21.8. The van der Waals surface area contributed by atoms with Crippen LogP contribution in [0, 0.1) is 0 Å². The third-order valence-corrected chi connectivity index (χ3v) is 6.31. The Balaban J connectivity index is 1.54. The Morgan fingerprint density at radius 2 is 2.00 bits per heavy atom. The molecule has 0 spiro atoms. The molecule has 9 heteroatoms. The second-order valence-corrected chi connectivity index (χ2v) is 9.14. The molecule has 9 nitrogen and oxygen atoms in total. The zero-order chi connectivity index (χ0) is 23.3. The van der Waals surface area contributed by atoms with Crippen LogP contribution in [0.2, 0.25) is 0 Å². The van der Waals surface area contributed by atoms with Crippen molar-refractivity contribution in [2.24, 2.45) is 5.73 Å². The first-order chi connectivity index (χ1) is 15.8. The summed E-state index contributed by atoms with van der Waals surface area (Å²) < 4.78 is 11.3. The summed E-state index contributed by atoms with van der Waals surface area (Å²) in [6.45, 7) is 5.36. The van der Waals surface area contributed by atoms with E-state index in [0.717, 1.165) is 23.6 Å². The zero-order valence-electron chi connectivity index (χ0n) is 18.8. The summed E-state index contributed by atoms with van der Waals surface area (Å²) in [5.41, 5.74) is 7.24. The van der Waals surface area contributed by atoms with Gasteiger partial charge in [0.25, 0.3) is 0 Å². The van der Waals surface area contributed by atoms with E-state index in [4.69, 9.17) is 15.2 Å². The highest BCUT2D eigenvalue weighted by Crippen LogP contribution is 2.36. The van der Waals surface area contributed by atoms with Crippen molar-refractivity contribution in [2.75, 3.05) is 11.9 Å². The molecule has 0 saturated heterocycles. The molecule has 0 bridgehead atoms. The third kappa shape index (κ3) is 3.98. The first-order valence-corrected chi connectivity index (χ1v) is 11.1. The summed E-state index contributed by atoms with van der Waals surface area (Å²) in [6.07, 6.45) is 5.32. The number of nitrogens with zero attached hydrogens (tertiary/aromatic N) is 3. The first kappa shape index (κ1) is 21.5. The van der Waals surface area contributed by atoms with Crippen LogP contribution >= 0.6 is 0 Å². The van der Waals surface area contributed by atoms with E-state index >= 15 is 0 Å². The molecule has 3 aromatic rings. The Bertz CT molecular complexity index is 1240. The minimum atomic E-state index is -0.988. The van der Waals surface area contributed by atoms with Gasteiger partial charge in [0.2, 0.25) is 5.88 Å². The largest absolute Gasteiger partial charge is 0.474 e. The average Bonchev–Trinajstić information content (AvgIpc) is 3.61. The summed E-state index contributed by atoms with van der Waals surface area (Å²) in [6, 6.07) is 5.30. The van der Waals surface area contributed by atoms with Gasteiger partial charge in [-0.1, -0.05) is 6.92 Å². The monoisotopic (exact) mass is 449 g/mol. The number of pyridine rings is 3. The maximum atomic E-state index is 12.2. The van der Waals surface area contributed by atoms with Gasteiger partial charge in [0.05, 0.1) is 28.8 Å². The van der Waals surface area contributed by atoms with Crippen molar-refractivity contribution in [1.29, 1.82) is 0 Å². The van der Waals surface area contributed by atoms with Crippen molar-refractivity contribution < 1.29 is 19.4 Å². The van der Waals surface area contributed by atoms with Crippen molar-refractivity contribution in [3.05, 3.63) is 47.4 Å². The number of anilines is 2. The number of aliphatic hydroxyl groups excluding tert-OH is 1. The van der Waals surface area contributed by atoms with E-state index in [1.54, 1.807) is 31.5 Å². The molecule has 1 fully saturated rings. The lowest BCUT2D eigenvalue weighted by molar-refractivity contribution is 0.0235. The molecule has 3 atom stereocenters. The van der Waals surface area contributed by atoms with Crippen LogP contribution in [-0.2, 0) is 10.3 Å². The van der Waals surface area contributed by atoms with Crippen LogP contribution in [0.25, 0.3) is 10.8 Å². The van der Waals surface area contributed by atoms with Crippen molar-refractivity contribution >= 4 is 28.4 Å². The molecule has 4 N–H and O–H groups in total. The molecule has 0 amide bonds. The van der Waals surface area contributed by atoms with Crippen LogP contribution in [0.4, 0.5) is 11.6 Å². The van der Waals surface area contributed by atoms with Crippen LogP contribution in [0.1, 0.15) is 61.1 Å². The summed E-state index contributed by atoms with van der Waals surface area (Å²) in [7, 11) is 0. The minimum absolute atomic E-state index is 0.0219. The molecule has 1 saturated carbocycles. The number of carbonyl (C=O) groups is 1. The fourth-order valence-corrected chi connectivity index (χ4v) is 3.91. The number of nitrogens with two attached hydrogens (primary N) is 1. The molecular formula is C24H27N5O4. The van der Waals surface area contributed by atoms with Gasteiger partial charge < -0.3 is 25.6 Å². The number of nitrogens with one attached hydrogen (secondary N) is 1. The molecule has 0 radical (unpaired) electrons. The highest BCUT2D eigenvalue weighted by Gasteiger charge is 2.32. The molecule has 2 aliphatic rings. The molecule has 5 rings (SSSR count). The van der Waals surface area contributed by atoms with E-state index in [0.29, 0.717) is 34.3 Å². The van der Waals surface area contributed by atoms with Crippen molar-refractivity contribution in [2.45, 2.75) is 57.3 Å². The van der Waals surface area contributed by atoms with Crippen LogP contribution in [0.15, 0.2) is 30.6 Å². The van der Waals surface area contributed by atoms with E-state index < -0.39 is 5.54 Å². The van der Waals surface area contributed by atoms with Crippen LogP contribution in [-0.4, -0.2) is 44.8 Å². The first-order valence-electron chi connectivity index (χ1n) is 11.1. The molecule has 1 aliphatic heterocycles. The number of hydrogen-bond donors (Lipinski definition) is 3. The van der Waals surface area contributed by atoms with Crippen molar-refractivity contribution in [3.63, 3.8) is 0 Å². The molecule has 33 heavy (non-hydrogen) atoms. The third-order valence-electron chi connectivity index (χ3n) is 6.31. The fourth-order valence-electron chi connectivity index (χ4n) is 3.91. The zero-order valence-corrected chi connectivity index (χ0v) is 18.8. The average molecular weight is 450 g/mol. The van der Waals surface area contributed by atoms with Gasteiger partial charge in [-0.2, -0.15) is 0 Å². The van der Waals surface area contributed by atoms with E-state index in [2.05, 4.69) is 20.3 Å². The van der Waals surface area contributed by atoms with E-state index in [-0.39, 0.29) is 30.7 Å². The standard InChI is InChI=1S/C24H27N5O4/c1-12-13(2)32-23(31)15-6-7-19(29-21(12)15)28-20-8-16-17(9-26-20)22(33-14-4-5-14)27-10-18(16)24(3,25)11-30/h6-10,12-14,30H,4-5,11,25H2,1-3H3,(H,26,28,29)/t12-,13-,24+/m0/s1. The highest BCUT2D eigenvalue weighted by molar-refractivity contribution is 5.93. The number of ether oxygens (including phenoxy) is 2. The van der Waals surface area contributed by atoms with E-state index in [9.17, 15) is 9.90 Å². The number of aliphatic hydroxyl groups is 1. The van der Waals surface area contributed by atoms with Crippen molar-refractivity contribution in [1.82, 2.24) is 15.0 Å². The molecule has 4 heterocycles. The van der Waals surface area contributed by atoms with Crippen LogP contribution in [0.3, 0.4) is 0 Å². The number of carbonyl (C=O) groups excluding carboxylic acids is 1. The predicted molar refractivity (Wildman–Crippen MR) is 123 cm³/mol. The number of fused-ring (bicyclic) bond motifs is 2. The smallest absolute Gasteiger partial charge is 0.340 e. The van der Waals surface area contributed by atoms with Gasteiger partial charge in [0, 0.05) is 23.9 Å². The van der Waals surface area contributed by atoms with Crippen molar-refractivity contribution in [3.8, 4) is 5.88 Å². The number of esters is 1. The lowest BCUT2D eigenvalue weighted by Gasteiger charge is -2.27. The summed E-state index contributed by atoms with van der Waals surface area (Å²) in [5.74, 6) is 1.25. The topological polar surface area (TPSA) is 132 Å². The second kappa shape index (κ2) is 7.93. The maximum absolute atomic E-state index is 12.2. The lowest BCUT2D eigenvalue weighted by atomic mass is 9.91. The summed E-state index contributed by atoms with van der Waals surface area (Å²) in [5, 5.41) is 14.6. The van der Waals surface area contributed by atoms with Crippen LogP contribution in [0.5, 0.6) is 5.88 Å². The Morgan fingerprint density at radius 1 is 1.21 bits per heavy atom. The molecular weight excluding hydrogens is 422 g/mol. The maximum Gasteiger partial charge on any atom is 0.340 e. The SMILES string of the molecule is C[C@@H]1OC(=O)c2ccc(Nc3cc4c([C@](C)(N)CO)cnc(OC5CC5)c4cn3)nc2[C@H]1C. The lowest BCUT2D eigenvalue weighted by Crippen LogP contribution is -2.37. The van der Waals surface area contributed by atoms with Gasteiger partial charge in [-0.15, -0.1) is 0 Å². The van der Waals surface area contributed by atoms with Gasteiger partial charge in [-0.25, -0.2) is 19.7 Å². The predicted octanol–water partition coefficient (Wildman–Crippen LogP) is 3.14. The van der Waals surface area contributed by atoms with Gasteiger partial charge >= 0.3 is 5.97 Å². The molecule has 0 unspecified atom stereocenters. The summed E-state index contributed by atoms with van der Waals surface area (Å²) in [4.78, 5) is 25.8. The quantitative estimate of drug-likeness (QED) is 0.485. The van der Waals surface area contributed by atoms with Crippen LogP contribution < -0.4 is 15.8 Å². The minimum Gasteiger partial charge on any atom is -0.474 e. The van der Waals surface area contributed by atoms with Gasteiger partial charge in [0.1, 0.15) is 23.8 Å². The molecule has 1 aliphatic carbocycles. The van der Waals surface area contributed by atoms with E-state index in [1.807, 2.05) is 19.9 Å². The molecule has 3 aromatic heterocycles. The number of rotatable bonds is 6. The highest BCUT2D eigenvalue weighted by atomic mass is 16.5. The van der Waals surface area contributed by atoms with Gasteiger partial charge in [-0.3, -0.25) is 0 Å². The number of aromatic nitrogens is 3. The second-order valence-electron chi connectivity index (χ2n) is 9.14. The number of hydrogen-bond acceptors (Lipinski definition) is 9. The Labute approximate surface area is 191 Å². The Morgan fingerprint density at radius 3 is 2.73 bits per heavy atom. The van der Waals surface area contributed by atoms with E-state index in [1.165, 1.54) is 0 Å². The summed E-state index contributed by atoms with van der Waals surface area (Å²) >= 11 is 0. The number of cyclic esters (lactones) is 1.